The summed E-state index contributed by atoms with van der Waals surface area (Å²) in [6.45, 7) is 2.95. The number of carbonyl (C=O) groups excluding carboxylic acids is 1. The van der Waals surface area contributed by atoms with Gasteiger partial charge in [-0.05, 0) is 38.0 Å². The van der Waals surface area contributed by atoms with E-state index in [9.17, 15) is 4.79 Å². The average Bonchev–Trinajstić information content (AvgIpc) is 3.17. The maximum absolute atomic E-state index is 12.8. The van der Waals surface area contributed by atoms with Crippen LogP contribution in [-0.4, -0.2) is 56.1 Å². The Labute approximate surface area is 178 Å². The number of nitrogens with zero attached hydrogens (tertiary/aromatic N) is 4. The van der Waals surface area contributed by atoms with Crippen LogP contribution in [0.4, 0.5) is 11.5 Å². The number of aromatic nitrogens is 4. The van der Waals surface area contributed by atoms with Gasteiger partial charge in [0.25, 0.3) is 0 Å². The van der Waals surface area contributed by atoms with E-state index in [1.165, 1.54) is 6.33 Å². The predicted molar refractivity (Wildman–Crippen MR) is 114 cm³/mol. The fraction of sp³-hybridized carbons (Fsp3) is 0.368. The quantitative estimate of drug-likeness (QED) is 0.568. The fourth-order valence-corrected chi connectivity index (χ4v) is 4.20. The van der Waals surface area contributed by atoms with Crippen LogP contribution < -0.4 is 10.6 Å². The van der Waals surface area contributed by atoms with Crippen LogP contribution in [0.5, 0.6) is 0 Å². The summed E-state index contributed by atoms with van der Waals surface area (Å²) in [7, 11) is 0. The molecule has 0 spiro atoms. The third-order valence-electron chi connectivity index (χ3n) is 5.18. The molecule has 4 rings (SSSR count). The standard InChI is InChI=1S/C19H21Cl2N7O/c1-11-16(26-18-15-8-25-27-19(15)24-10-23-18)3-2-4-28(11)17(29)9-22-14-6-12(20)5-13(21)7-14/h5-8,10-11,16,22H,2-4,9H2,1H3,(H2,23,24,25,26,27)/t11-,16-/m1/s1. The van der Waals surface area contributed by atoms with Crippen LogP contribution in [0.15, 0.2) is 30.7 Å². The van der Waals surface area contributed by atoms with E-state index in [1.54, 1.807) is 24.4 Å². The summed E-state index contributed by atoms with van der Waals surface area (Å²) in [5.41, 5.74) is 1.40. The van der Waals surface area contributed by atoms with Crippen LogP contribution in [0.3, 0.4) is 0 Å². The zero-order valence-electron chi connectivity index (χ0n) is 15.8. The molecule has 0 radical (unpaired) electrons. The molecule has 0 saturated carbocycles. The Kier molecular flexibility index (Phi) is 5.73. The molecule has 1 aromatic carbocycles. The van der Waals surface area contributed by atoms with Gasteiger partial charge in [0.1, 0.15) is 12.1 Å². The van der Waals surface area contributed by atoms with Gasteiger partial charge in [-0.15, -0.1) is 0 Å². The molecule has 29 heavy (non-hydrogen) atoms. The lowest BCUT2D eigenvalue weighted by molar-refractivity contribution is -0.132. The molecule has 2 atom stereocenters. The maximum Gasteiger partial charge on any atom is 0.242 e. The summed E-state index contributed by atoms with van der Waals surface area (Å²) in [6.07, 6.45) is 5.06. The SMILES string of the molecule is C[C@@H]1[C@H](Nc2ncnc3[nH]ncc23)CCCN1C(=O)CNc1cc(Cl)cc(Cl)c1. The predicted octanol–water partition coefficient (Wildman–Crippen LogP) is 3.56. The van der Waals surface area contributed by atoms with Crippen molar-refractivity contribution >= 4 is 51.6 Å². The molecule has 1 amide bonds. The second-order valence-electron chi connectivity index (χ2n) is 7.09. The molecule has 0 bridgehead atoms. The molecule has 2 aromatic heterocycles. The topological polar surface area (TPSA) is 98.8 Å². The highest BCUT2D eigenvalue weighted by Gasteiger charge is 2.31. The van der Waals surface area contributed by atoms with Crippen LogP contribution in [0, 0.1) is 0 Å². The molecular formula is C19H21Cl2N7O. The van der Waals surface area contributed by atoms with Crippen molar-refractivity contribution in [2.45, 2.75) is 31.8 Å². The van der Waals surface area contributed by atoms with Gasteiger partial charge in [-0.1, -0.05) is 23.2 Å². The molecule has 10 heteroatoms. The first-order valence-corrected chi connectivity index (χ1v) is 10.2. The molecular weight excluding hydrogens is 413 g/mol. The average molecular weight is 434 g/mol. The molecule has 3 aromatic rings. The lowest BCUT2D eigenvalue weighted by Gasteiger charge is -2.40. The van der Waals surface area contributed by atoms with Gasteiger partial charge >= 0.3 is 0 Å². The summed E-state index contributed by atoms with van der Waals surface area (Å²) in [4.78, 5) is 23.3. The fourth-order valence-electron chi connectivity index (χ4n) is 3.68. The van der Waals surface area contributed by atoms with Crippen LogP contribution in [0.25, 0.3) is 11.0 Å². The van der Waals surface area contributed by atoms with Crippen molar-refractivity contribution < 1.29 is 4.79 Å². The third kappa shape index (κ3) is 4.38. The smallest absolute Gasteiger partial charge is 0.242 e. The van der Waals surface area contributed by atoms with Gasteiger partial charge in [0, 0.05) is 34.4 Å². The molecule has 1 saturated heterocycles. The molecule has 3 N–H and O–H groups in total. The highest BCUT2D eigenvalue weighted by molar-refractivity contribution is 6.35. The molecule has 0 aliphatic carbocycles. The number of hydrogen-bond donors (Lipinski definition) is 3. The van der Waals surface area contributed by atoms with Crippen LogP contribution in [0.2, 0.25) is 10.0 Å². The van der Waals surface area contributed by atoms with Crippen LogP contribution in [0.1, 0.15) is 19.8 Å². The van der Waals surface area contributed by atoms with Gasteiger partial charge in [0.2, 0.25) is 5.91 Å². The molecule has 152 valence electrons. The Morgan fingerprint density at radius 1 is 1.28 bits per heavy atom. The number of anilines is 2. The summed E-state index contributed by atoms with van der Waals surface area (Å²) in [5.74, 6) is 0.748. The van der Waals surface area contributed by atoms with Crippen molar-refractivity contribution in [3.63, 3.8) is 0 Å². The van der Waals surface area contributed by atoms with E-state index in [2.05, 4.69) is 37.7 Å². The third-order valence-corrected chi connectivity index (χ3v) is 5.62. The maximum atomic E-state index is 12.8. The Morgan fingerprint density at radius 2 is 2.07 bits per heavy atom. The number of amides is 1. The van der Waals surface area contributed by atoms with Gasteiger partial charge in [-0.3, -0.25) is 9.89 Å². The van der Waals surface area contributed by atoms with E-state index in [0.717, 1.165) is 36.3 Å². The second-order valence-corrected chi connectivity index (χ2v) is 7.96. The normalized spacial score (nSPS) is 19.3. The van der Waals surface area contributed by atoms with Crippen molar-refractivity contribution in [3.8, 4) is 0 Å². The minimum atomic E-state index is 0.0120. The molecule has 8 nitrogen and oxygen atoms in total. The summed E-state index contributed by atoms with van der Waals surface area (Å²) >= 11 is 12.0. The second kappa shape index (κ2) is 8.42. The number of benzene rings is 1. The van der Waals surface area contributed by atoms with E-state index < -0.39 is 0 Å². The number of carbonyl (C=O) groups is 1. The Bertz CT molecular complexity index is 1000. The number of rotatable bonds is 5. The van der Waals surface area contributed by atoms with Crippen LogP contribution in [-0.2, 0) is 4.79 Å². The first-order chi connectivity index (χ1) is 14.0. The minimum Gasteiger partial charge on any atom is -0.376 e. The van der Waals surface area contributed by atoms with Crippen LogP contribution >= 0.6 is 23.2 Å². The Hall–Kier alpha value is -2.58. The number of aromatic amines is 1. The number of halogens is 2. The number of likely N-dealkylation sites (tertiary alicyclic amines) is 1. The highest BCUT2D eigenvalue weighted by Crippen LogP contribution is 2.25. The molecule has 1 fully saturated rings. The van der Waals surface area contributed by atoms with Gasteiger partial charge in [0.15, 0.2) is 5.65 Å². The molecule has 1 aliphatic heterocycles. The lowest BCUT2D eigenvalue weighted by atomic mass is 9.97. The Balaban J connectivity index is 1.41. The largest absolute Gasteiger partial charge is 0.376 e. The first kappa shape index (κ1) is 19.7. The van der Waals surface area contributed by atoms with Gasteiger partial charge < -0.3 is 15.5 Å². The molecule has 3 heterocycles. The minimum absolute atomic E-state index is 0.0120. The van der Waals surface area contributed by atoms with Gasteiger partial charge in [0.05, 0.1) is 18.1 Å². The van der Waals surface area contributed by atoms with Crippen molar-refractivity contribution in [2.75, 3.05) is 23.7 Å². The van der Waals surface area contributed by atoms with E-state index in [-0.39, 0.29) is 24.5 Å². The number of piperidine rings is 1. The van der Waals surface area contributed by atoms with Crippen molar-refractivity contribution in [2.24, 2.45) is 0 Å². The van der Waals surface area contributed by atoms with Gasteiger partial charge in [-0.2, -0.15) is 5.10 Å². The number of fused-ring (bicyclic) bond motifs is 1. The number of hydrogen-bond acceptors (Lipinski definition) is 6. The van der Waals surface area contributed by atoms with Crippen molar-refractivity contribution in [1.29, 1.82) is 0 Å². The summed E-state index contributed by atoms with van der Waals surface area (Å²) in [5, 5.41) is 15.3. The number of nitrogens with one attached hydrogen (secondary N) is 3. The summed E-state index contributed by atoms with van der Waals surface area (Å²) in [6, 6.07) is 5.24. The molecule has 1 aliphatic rings. The van der Waals surface area contributed by atoms with Gasteiger partial charge in [-0.25, -0.2) is 9.97 Å². The zero-order valence-corrected chi connectivity index (χ0v) is 17.3. The van der Waals surface area contributed by atoms with E-state index >= 15 is 0 Å². The van der Waals surface area contributed by atoms with E-state index in [0.29, 0.717) is 15.7 Å². The zero-order chi connectivity index (χ0) is 20.4. The van der Waals surface area contributed by atoms with Crippen molar-refractivity contribution in [1.82, 2.24) is 25.1 Å². The molecule has 0 unspecified atom stereocenters. The summed E-state index contributed by atoms with van der Waals surface area (Å²) < 4.78 is 0. The van der Waals surface area contributed by atoms with E-state index in [4.69, 9.17) is 23.2 Å². The van der Waals surface area contributed by atoms with Crippen molar-refractivity contribution in [3.05, 3.63) is 40.8 Å². The lowest BCUT2D eigenvalue weighted by Crippen LogP contribution is -2.53. The monoisotopic (exact) mass is 433 g/mol. The first-order valence-electron chi connectivity index (χ1n) is 9.41. The Morgan fingerprint density at radius 3 is 2.86 bits per heavy atom. The van der Waals surface area contributed by atoms with E-state index in [1.807, 2.05) is 4.90 Å². The number of H-pyrrole nitrogens is 1. The highest BCUT2D eigenvalue weighted by atomic mass is 35.5.